The highest BCUT2D eigenvalue weighted by Crippen LogP contribution is 2.31. The summed E-state index contributed by atoms with van der Waals surface area (Å²) in [7, 11) is 0. The molecule has 0 saturated carbocycles. The summed E-state index contributed by atoms with van der Waals surface area (Å²) in [5.41, 5.74) is 2.53. The summed E-state index contributed by atoms with van der Waals surface area (Å²) >= 11 is 12.6. The number of benzene rings is 1. The Kier molecular flexibility index (Phi) is 8.07. The van der Waals surface area contributed by atoms with Crippen LogP contribution in [0.25, 0.3) is 11.3 Å². The minimum atomic E-state index is -0.726. The Balaban J connectivity index is 1.21. The van der Waals surface area contributed by atoms with E-state index in [0.29, 0.717) is 51.9 Å². The van der Waals surface area contributed by atoms with Crippen LogP contribution < -0.4 is 15.0 Å². The molecule has 2 bridgehead atoms. The van der Waals surface area contributed by atoms with Gasteiger partial charge in [0.2, 0.25) is 11.8 Å². The second-order valence-corrected chi connectivity index (χ2v) is 11.9. The summed E-state index contributed by atoms with van der Waals surface area (Å²) in [4.78, 5) is 29.6. The van der Waals surface area contributed by atoms with E-state index in [1.807, 2.05) is 24.3 Å². The van der Waals surface area contributed by atoms with Crippen molar-refractivity contribution >= 4 is 35.1 Å². The van der Waals surface area contributed by atoms with E-state index in [2.05, 4.69) is 25.1 Å². The molecule has 0 aliphatic carbocycles. The van der Waals surface area contributed by atoms with E-state index in [1.54, 1.807) is 18.5 Å². The van der Waals surface area contributed by atoms with Gasteiger partial charge in [-0.2, -0.15) is 0 Å². The first kappa shape index (κ1) is 27.2. The number of piperidine rings is 1. The fraction of sp³-hybridized carbons (Fsp3) is 0.448. The summed E-state index contributed by atoms with van der Waals surface area (Å²) in [6.45, 7) is 4.22. The molecule has 2 atom stereocenters. The number of hydrogen-bond donors (Lipinski definition) is 2. The maximum absolute atomic E-state index is 11.1. The number of ether oxygens (including phenoxy) is 1. The Hall–Kier alpha value is -2.98. The molecule has 0 radical (unpaired) electrons. The van der Waals surface area contributed by atoms with Crippen LogP contribution >= 0.6 is 23.2 Å². The van der Waals surface area contributed by atoms with Crippen molar-refractivity contribution in [2.45, 2.75) is 50.7 Å². The number of piperazine rings is 1. The Morgan fingerprint density at radius 2 is 1.65 bits per heavy atom. The number of carboxylic acid groups (broad SMARTS) is 1. The molecule has 3 saturated heterocycles. The number of likely N-dealkylation sites (tertiary alicyclic amines) is 1. The largest absolute Gasteiger partial charge is 0.481 e. The van der Waals surface area contributed by atoms with Gasteiger partial charge in [-0.3, -0.25) is 9.69 Å². The zero-order chi connectivity index (χ0) is 27.6. The van der Waals surface area contributed by atoms with Gasteiger partial charge in [0.1, 0.15) is 0 Å². The summed E-state index contributed by atoms with van der Waals surface area (Å²) in [5.74, 6) is 1.16. The zero-order valence-electron chi connectivity index (χ0n) is 22.1. The SMILES string of the molecule is O=C(O)CC1CCN(Cc2cc(Oc3cnc(N4CC5CCC(C4)N5)nc3)nc(-c3cc(Cl)cc(Cl)c3)c2)CC1. The summed E-state index contributed by atoms with van der Waals surface area (Å²) in [5, 5.41) is 13.8. The topological polar surface area (TPSA) is 104 Å². The average Bonchev–Trinajstić information content (AvgIpc) is 3.26. The van der Waals surface area contributed by atoms with Crippen molar-refractivity contribution in [2.24, 2.45) is 5.92 Å². The standard InChI is InChI=1S/C29H32Cl2N6O3/c30-21-10-20(11-22(31)12-21)26-7-19(15-36-5-3-18(4-6-36)9-28(38)39)8-27(35-26)40-25-13-32-29(33-14-25)37-16-23-1-2-24(17-37)34-23/h7-8,10-14,18,23-24,34H,1-6,9,15-17H2,(H,38,39). The second-order valence-electron chi connectivity index (χ2n) is 11.0. The van der Waals surface area contributed by atoms with Gasteiger partial charge in [-0.15, -0.1) is 0 Å². The number of aliphatic carboxylic acids is 1. The number of fused-ring (bicyclic) bond motifs is 2. The third-order valence-electron chi connectivity index (χ3n) is 7.93. The predicted octanol–water partition coefficient (Wildman–Crippen LogP) is 5.27. The third kappa shape index (κ3) is 6.66. The van der Waals surface area contributed by atoms with Crippen molar-refractivity contribution in [2.75, 3.05) is 31.1 Å². The monoisotopic (exact) mass is 582 g/mol. The van der Waals surface area contributed by atoms with Crippen LogP contribution in [0.4, 0.5) is 5.95 Å². The highest BCUT2D eigenvalue weighted by molar-refractivity contribution is 6.35. The van der Waals surface area contributed by atoms with Crippen molar-refractivity contribution in [3.63, 3.8) is 0 Å². The maximum atomic E-state index is 11.1. The van der Waals surface area contributed by atoms with Gasteiger partial charge < -0.3 is 20.1 Å². The molecular weight excluding hydrogens is 551 g/mol. The van der Waals surface area contributed by atoms with Gasteiger partial charge in [-0.05, 0) is 74.5 Å². The van der Waals surface area contributed by atoms with Crippen LogP contribution in [0.2, 0.25) is 10.0 Å². The minimum Gasteiger partial charge on any atom is -0.481 e. The molecular formula is C29H32Cl2N6O3. The molecule has 6 rings (SSSR count). The van der Waals surface area contributed by atoms with Gasteiger partial charge in [0.25, 0.3) is 0 Å². The van der Waals surface area contributed by atoms with Gasteiger partial charge in [0, 0.05) is 59.8 Å². The van der Waals surface area contributed by atoms with Crippen molar-refractivity contribution < 1.29 is 14.6 Å². The van der Waals surface area contributed by atoms with Gasteiger partial charge in [-0.1, -0.05) is 23.2 Å². The molecule has 11 heteroatoms. The lowest BCUT2D eigenvalue weighted by Crippen LogP contribution is -2.51. The van der Waals surface area contributed by atoms with Crippen molar-refractivity contribution in [3.05, 3.63) is 58.3 Å². The smallest absolute Gasteiger partial charge is 0.303 e. The number of nitrogens with zero attached hydrogens (tertiary/aromatic N) is 5. The van der Waals surface area contributed by atoms with Crippen LogP contribution in [-0.2, 0) is 11.3 Å². The van der Waals surface area contributed by atoms with E-state index in [1.165, 1.54) is 12.8 Å². The van der Waals surface area contributed by atoms with Crippen LogP contribution in [0.1, 0.15) is 37.7 Å². The number of rotatable bonds is 8. The molecule has 3 fully saturated rings. The number of anilines is 1. The fourth-order valence-corrected chi connectivity index (χ4v) is 6.54. The van der Waals surface area contributed by atoms with Gasteiger partial charge >= 0.3 is 5.97 Å². The van der Waals surface area contributed by atoms with Crippen LogP contribution in [0.15, 0.2) is 42.7 Å². The summed E-state index contributed by atoms with van der Waals surface area (Å²) in [6, 6.07) is 10.3. The highest BCUT2D eigenvalue weighted by atomic mass is 35.5. The minimum absolute atomic E-state index is 0.230. The molecule has 2 unspecified atom stereocenters. The molecule has 0 spiro atoms. The molecule has 40 heavy (non-hydrogen) atoms. The van der Waals surface area contributed by atoms with Gasteiger partial charge in [-0.25, -0.2) is 15.0 Å². The average molecular weight is 584 g/mol. The lowest BCUT2D eigenvalue weighted by molar-refractivity contribution is -0.138. The fourth-order valence-electron chi connectivity index (χ4n) is 6.01. The van der Waals surface area contributed by atoms with Crippen LogP contribution in [0.3, 0.4) is 0 Å². The number of hydrogen-bond acceptors (Lipinski definition) is 8. The summed E-state index contributed by atoms with van der Waals surface area (Å²) < 4.78 is 6.17. The van der Waals surface area contributed by atoms with E-state index in [0.717, 1.165) is 50.1 Å². The summed E-state index contributed by atoms with van der Waals surface area (Å²) in [6.07, 6.45) is 7.77. The molecule has 210 valence electrons. The van der Waals surface area contributed by atoms with E-state index >= 15 is 0 Å². The highest BCUT2D eigenvalue weighted by Gasteiger charge is 2.33. The lowest BCUT2D eigenvalue weighted by Gasteiger charge is -2.32. The Morgan fingerprint density at radius 3 is 2.30 bits per heavy atom. The molecule has 1 aromatic carbocycles. The molecule has 3 aromatic rings. The maximum Gasteiger partial charge on any atom is 0.303 e. The molecule has 2 N–H and O–H groups in total. The quantitative estimate of drug-likeness (QED) is 0.367. The second kappa shape index (κ2) is 11.9. The van der Waals surface area contributed by atoms with Crippen LogP contribution in [0, 0.1) is 5.92 Å². The molecule has 3 aliphatic rings. The van der Waals surface area contributed by atoms with Crippen LogP contribution in [0.5, 0.6) is 11.6 Å². The van der Waals surface area contributed by atoms with Crippen molar-refractivity contribution in [3.8, 4) is 22.9 Å². The number of carboxylic acids is 1. The Bertz CT molecular complexity index is 1330. The predicted molar refractivity (Wildman–Crippen MR) is 154 cm³/mol. The number of nitrogens with one attached hydrogen (secondary N) is 1. The Labute approximate surface area is 243 Å². The first-order valence-corrected chi connectivity index (χ1v) is 14.5. The molecule has 3 aliphatic heterocycles. The number of aromatic nitrogens is 3. The first-order chi connectivity index (χ1) is 19.4. The van der Waals surface area contributed by atoms with Crippen LogP contribution in [-0.4, -0.2) is 69.2 Å². The van der Waals surface area contributed by atoms with E-state index in [4.69, 9.17) is 38.0 Å². The van der Waals surface area contributed by atoms with E-state index in [-0.39, 0.29) is 12.3 Å². The van der Waals surface area contributed by atoms with E-state index < -0.39 is 5.97 Å². The normalized spacial score (nSPS) is 21.5. The van der Waals surface area contributed by atoms with Gasteiger partial charge in [0.05, 0.1) is 18.1 Å². The number of halogens is 2. The molecule has 9 nitrogen and oxygen atoms in total. The van der Waals surface area contributed by atoms with Gasteiger partial charge in [0.15, 0.2) is 5.75 Å². The molecule has 2 aromatic heterocycles. The number of carbonyl (C=O) groups is 1. The lowest BCUT2D eigenvalue weighted by atomic mass is 9.93. The Morgan fingerprint density at radius 1 is 0.975 bits per heavy atom. The third-order valence-corrected chi connectivity index (χ3v) is 8.37. The molecule has 5 heterocycles. The zero-order valence-corrected chi connectivity index (χ0v) is 23.6. The molecule has 0 amide bonds. The van der Waals surface area contributed by atoms with Crippen molar-refractivity contribution in [1.29, 1.82) is 0 Å². The van der Waals surface area contributed by atoms with E-state index in [9.17, 15) is 4.79 Å². The van der Waals surface area contributed by atoms with Crippen molar-refractivity contribution in [1.82, 2.24) is 25.2 Å². The number of pyridine rings is 1. The first-order valence-electron chi connectivity index (χ1n) is 13.8.